The van der Waals surface area contributed by atoms with E-state index in [1.165, 1.54) is 25.9 Å². The zero-order chi connectivity index (χ0) is 14.5. The second-order valence-electron chi connectivity index (χ2n) is 5.56. The Morgan fingerprint density at radius 3 is 2.52 bits per heavy atom. The number of aromatic nitrogens is 4. The zero-order valence-corrected chi connectivity index (χ0v) is 12.2. The van der Waals surface area contributed by atoms with Crippen molar-refractivity contribution < 1.29 is 0 Å². The molecule has 0 spiro atoms. The third-order valence-electron chi connectivity index (χ3n) is 3.86. The van der Waals surface area contributed by atoms with Gasteiger partial charge in [-0.1, -0.05) is 0 Å². The molecule has 110 valence electrons. The number of piperidine rings is 1. The Bertz CT molecular complexity index is 548. The third-order valence-corrected chi connectivity index (χ3v) is 3.86. The number of anilines is 2. The topological polar surface area (TPSA) is 66.8 Å². The van der Waals surface area contributed by atoms with E-state index in [-0.39, 0.29) is 0 Å². The van der Waals surface area contributed by atoms with Gasteiger partial charge in [0.05, 0.1) is 24.3 Å². The molecule has 1 N–H and O–H groups in total. The molecule has 0 aliphatic carbocycles. The SMILES string of the molecule is CN1CCC(Cc2cnc(Nc3cnccn3)cn2)CC1. The highest BCUT2D eigenvalue weighted by atomic mass is 15.1. The van der Waals surface area contributed by atoms with E-state index < -0.39 is 0 Å². The van der Waals surface area contributed by atoms with Crippen LogP contribution in [0.4, 0.5) is 11.6 Å². The Morgan fingerprint density at radius 1 is 1.05 bits per heavy atom. The molecule has 0 radical (unpaired) electrons. The predicted molar refractivity (Wildman–Crippen MR) is 81.3 cm³/mol. The monoisotopic (exact) mass is 284 g/mol. The number of rotatable bonds is 4. The summed E-state index contributed by atoms with van der Waals surface area (Å²) in [6.07, 6.45) is 12.1. The van der Waals surface area contributed by atoms with Crippen LogP contribution in [-0.4, -0.2) is 45.0 Å². The van der Waals surface area contributed by atoms with Crippen molar-refractivity contribution in [2.45, 2.75) is 19.3 Å². The Hall–Kier alpha value is -2.08. The average Bonchev–Trinajstić information content (AvgIpc) is 2.53. The summed E-state index contributed by atoms with van der Waals surface area (Å²) in [5, 5.41) is 3.09. The van der Waals surface area contributed by atoms with E-state index in [0.717, 1.165) is 18.0 Å². The summed E-state index contributed by atoms with van der Waals surface area (Å²) in [4.78, 5) is 19.4. The second-order valence-corrected chi connectivity index (χ2v) is 5.56. The van der Waals surface area contributed by atoms with Crippen molar-refractivity contribution in [2.24, 2.45) is 5.92 Å². The van der Waals surface area contributed by atoms with Gasteiger partial charge in [0.2, 0.25) is 0 Å². The number of hydrogen-bond acceptors (Lipinski definition) is 6. The normalized spacial score (nSPS) is 16.8. The first-order valence-corrected chi connectivity index (χ1v) is 7.32. The van der Waals surface area contributed by atoms with Crippen LogP contribution in [0, 0.1) is 5.92 Å². The van der Waals surface area contributed by atoms with E-state index in [0.29, 0.717) is 11.6 Å². The van der Waals surface area contributed by atoms with E-state index in [1.54, 1.807) is 24.8 Å². The molecular weight excluding hydrogens is 264 g/mol. The Balaban J connectivity index is 1.57. The summed E-state index contributed by atoms with van der Waals surface area (Å²) in [6, 6.07) is 0. The minimum atomic E-state index is 0.676. The third kappa shape index (κ3) is 3.95. The predicted octanol–water partition coefficient (Wildman–Crippen LogP) is 1.89. The zero-order valence-electron chi connectivity index (χ0n) is 12.2. The van der Waals surface area contributed by atoms with Crippen LogP contribution in [0.25, 0.3) is 0 Å². The van der Waals surface area contributed by atoms with Crippen LogP contribution < -0.4 is 5.32 Å². The van der Waals surface area contributed by atoms with Gasteiger partial charge in [-0.15, -0.1) is 0 Å². The maximum absolute atomic E-state index is 4.50. The van der Waals surface area contributed by atoms with Gasteiger partial charge in [-0.3, -0.25) is 9.97 Å². The van der Waals surface area contributed by atoms with Crippen LogP contribution in [0.5, 0.6) is 0 Å². The van der Waals surface area contributed by atoms with E-state index in [1.807, 2.05) is 6.20 Å². The lowest BCUT2D eigenvalue weighted by molar-refractivity contribution is 0.218. The van der Waals surface area contributed by atoms with Gasteiger partial charge in [0.25, 0.3) is 0 Å². The van der Waals surface area contributed by atoms with Crippen molar-refractivity contribution in [2.75, 3.05) is 25.5 Å². The quantitative estimate of drug-likeness (QED) is 0.925. The molecule has 0 bridgehead atoms. The summed E-state index contributed by atoms with van der Waals surface area (Å²) >= 11 is 0. The second kappa shape index (κ2) is 6.58. The molecule has 1 aliphatic rings. The standard InChI is InChI=1S/C15H20N6/c1-21-6-2-12(3-7-21)8-13-9-19-15(11-18-13)20-14-10-16-4-5-17-14/h4-5,9-12H,2-3,6-8H2,1H3,(H,17,19,20). The Labute approximate surface area is 124 Å². The van der Waals surface area contributed by atoms with Crippen molar-refractivity contribution in [3.8, 4) is 0 Å². The highest BCUT2D eigenvalue weighted by molar-refractivity contribution is 5.48. The minimum absolute atomic E-state index is 0.676. The fourth-order valence-electron chi connectivity index (χ4n) is 2.58. The summed E-state index contributed by atoms with van der Waals surface area (Å²) < 4.78 is 0. The van der Waals surface area contributed by atoms with Gasteiger partial charge >= 0.3 is 0 Å². The van der Waals surface area contributed by atoms with Gasteiger partial charge < -0.3 is 10.2 Å². The van der Waals surface area contributed by atoms with Crippen LogP contribution >= 0.6 is 0 Å². The highest BCUT2D eigenvalue weighted by Crippen LogP contribution is 2.20. The molecule has 2 aromatic rings. The van der Waals surface area contributed by atoms with Gasteiger partial charge in [0.15, 0.2) is 0 Å². The molecule has 1 aliphatic heterocycles. The van der Waals surface area contributed by atoms with Crippen molar-refractivity contribution in [1.82, 2.24) is 24.8 Å². The van der Waals surface area contributed by atoms with Gasteiger partial charge in [0.1, 0.15) is 11.6 Å². The summed E-state index contributed by atoms with van der Waals surface area (Å²) in [6.45, 7) is 2.37. The molecule has 6 heteroatoms. The molecule has 2 aromatic heterocycles. The maximum Gasteiger partial charge on any atom is 0.150 e. The lowest BCUT2D eigenvalue weighted by atomic mass is 9.92. The molecule has 0 unspecified atom stereocenters. The van der Waals surface area contributed by atoms with Crippen LogP contribution in [0.2, 0.25) is 0 Å². The minimum Gasteiger partial charge on any atom is -0.322 e. The Kier molecular flexibility index (Phi) is 4.35. The molecule has 1 saturated heterocycles. The molecule has 0 saturated carbocycles. The molecule has 0 amide bonds. The molecule has 6 nitrogen and oxygen atoms in total. The smallest absolute Gasteiger partial charge is 0.150 e. The lowest BCUT2D eigenvalue weighted by Gasteiger charge is -2.28. The van der Waals surface area contributed by atoms with Crippen molar-refractivity contribution >= 4 is 11.6 Å². The first-order valence-electron chi connectivity index (χ1n) is 7.32. The van der Waals surface area contributed by atoms with Crippen LogP contribution in [0.1, 0.15) is 18.5 Å². The van der Waals surface area contributed by atoms with Crippen molar-refractivity contribution in [3.63, 3.8) is 0 Å². The van der Waals surface area contributed by atoms with Gasteiger partial charge in [-0.25, -0.2) is 9.97 Å². The number of nitrogens with zero attached hydrogens (tertiary/aromatic N) is 5. The lowest BCUT2D eigenvalue weighted by Crippen LogP contribution is -2.31. The van der Waals surface area contributed by atoms with E-state index >= 15 is 0 Å². The van der Waals surface area contributed by atoms with Crippen LogP contribution in [-0.2, 0) is 6.42 Å². The van der Waals surface area contributed by atoms with Crippen LogP contribution in [0.15, 0.2) is 31.0 Å². The molecule has 3 rings (SSSR count). The number of nitrogens with one attached hydrogen (secondary N) is 1. The first kappa shape index (κ1) is 13.9. The summed E-state index contributed by atoms with van der Waals surface area (Å²) in [7, 11) is 2.18. The molecule has 0 aromatic carbocycles. The Morgan fingerprint density at radius 2 is 1.86 bits per heavy atom. The van der Waals surface area contributed by atoms with Crippen molar-refractivity contribution in [3.05, 3.63) is 36.7 Å². The molecule has 1 fully saturated rings. The molecule has 0 atom stereocenters. The fourth-order valence-corrected chi connectivity index (χ4v) is 2.58. The van der Waals surface area contributed by atoms with Gasteiger partial charge in [-0.2, -0.15) is 0 Å². The first-order chi connectivity index (χ1) is 10.3. The van der Waals surface area contributed by atoms with E-state index in [4.69, 9.17) is 0 Å². The largest absolute Gasteiger partial charge is 0.322 e. The molecular formula is C15H20N6. The van der Waals surface area contributed by atoms with Crippen LogP contribution in [0.3, 0.4) is 0 Å². The summed E-state index contributed by atoms with van der Waals surface area (Å²) in [5.74, 6) is 2.10. The average molecular weight is 284 g/mol. The fraction of sp³-hybridized carbons (Fsp3) is 0.467. The maximum atomic E-state index is 4.50. The van der Waals surface area contributed by atoms with Gasteiger partial charge in [0, 0.05) is 12.4 Å². The number of likely N-dealkylation sites (tertiary alicyclic amines) is 1. The van der Waals surface area contributed by atoms with Crippen molar-refractivity contribution in [1.29, 1.82) is 0 Å². The molecule has 3 heterocycles. The van der Waals surface area contributed by atoms with Gasteiger partial charge in [-0.05, 0) is 45.3 Å². The van der Waals surface area contributed by atoms with E-state index in [9.17, 15) is 0 Å². The van der Waals surface area contributed by atoms with E-state index in [2.05, 4.69) is 37.2 Å². The highest BCUT2D eigenvalue weighted by Gasteiger charge is 2.17. The summed E-state index contributed by atoms with van der Waals surface area (Å²) in [5.41, 5.74) is 1.06. The molecule has 21 heavy (non-hydrogen) atoms. The number of hydrogen-bond donors (Lipinski definition) is 1.